The van der Waals surface area contributed by atoms with Gasteiger partial charge < -0.3 is 10.1 Å². The fourth-order valence-corrected chi connectivity index (χ4v) is 2.52. The quantitative estimate of drug-likeness (QED) is 0.219. The Hall–Kier alpha value is -4.26. The van der Waals surface area contributed by atoms with Crippen LogP contribution in [0.4, 0.5) is 5.69 Å². The lowest BCUT2D eigenvalue weighted by Gasteiger charge is -2.05. The molecule has 0 atom stereocenters. The highest BCUT2D eigenvalue weighted by molar-refractivity contribution is 6.39. The van der Waals surface area contributed by atoms with Gasteiger partial charge in [0.05, 0.1) is 11.8 Å². The molecular formula is C24H21N3O4. The maximum absolute atomic E-state index is 12.1. The van der Waals surface area contributed by atoms with Crippen molar-refractivity contribution in [1.29, 1.82) is 0 Å². The fourth-order valence-electron chi connectivity index (χ4n) is 2.52. The van der Waals surface area contributed by atoms with E-state index in [1.54, 1.807) is 48.5 Å². The molecule has 0 saturated heterocycles. The van der Waals surface area contributed by atoms with E-state index in [1.165, 1.54) is 6.21 Å². The summed E-state index contributed by atoms with van der Waals surface area (Å²) in [6, 6.07) is 20.7. The molecule has 0 aliphatic rings. The van der Waals surface area contributed by atoms with E-state index >= 15 is 0 Å². The molecule has 0 aliphatic heterocycles. The van der Waals surface area contributed by atoms with E-state index in [0.717, 1.165) is 11.1 Å². The highest BCUT2D eigenvalue weighted by Gasteiger charge is 2.12. The molecule has 0 unspecified atom stereocenters. The van der Waals surface area contributed by atoms with E-state index in [1.807, 2.05) is 38.1 Å². The number of anilines is 1. The van der Waals surface area contributed by atoms with Gasteiger partial charge in [0.2, 0.25) is 0 Å². The second kappa shape index (κ2) is 9.98. The lowest BCUT2D eigenvalue weighted by Crippen LogP contribution is -2.32. The summed E-state index contributed by atoms with van der Waals surface area (Å²) in [4.78, 5) is 35.9. The van der Waals surface area contributed by atoms with Gasteiger partial charge in [0, 0.05) is 5.69 Å². The smallest absolute Gasteiger partial charge is 0.343 e. The Morgan fingerprint density at radius 3 is 1.97 bits per heavy atom. The third-order valence-electron chi connectivity index (χ3n) is 4.27. The lowest BCUT2D eigenvalue weighted by molar-refractivity contribution is -0.136. The monoisotopic (exact) mass is 415 g/mol. The highest BCUT2D eigenvalue weighted by atomic mass is 16.5. The number of nitrogens with zero attached hydrogens (tertiary/aromatic N) is 1. The number of amides is 2. The topological polar surface area (TPSA) is 96.9 Å². The van der Waals surface area contributed by atoms with Crippen LogP contribution in [0.3, 0.4) is 0 Å². The second-order valence-corrected chi connectivity index (χ2v) is 6.84. The van der Waals surface area contributed by atoms with Crippen LogP contribution < -0.4 is 15.5 Å². The molecule has 0 fully saturated rings. The van der Waals surface area contributed by atoms with Crippen LogP contribution >= 0.6 is 0 Å². The van der Waals surface area contributed by atoms with Crippen LogP contribution in [0.2, 0.25) is 0 Å². The Labute approximate surface area is 179 Å². The lowest BCUT2D eigenvalue weighted by atomic mass is 10.1. The fraction of sp³-hybridized carbons (Fsp3) is 0.0833. The van der Waals surface area contributed by atoms with Crippen molar-refractivity contribution in [1.82, 2.24) is 5.43 Å². The van der Waals surface area contributed by atoms with E-state index < -0.39 is 17.8 Å². The van der Waals surface area contributed by atoms with Gasteiger partial charge in [0.25, 0.3) is 0 Å². The number of nitrogens with one attached hydrogen (secondary N) is 2. The van der Waals surface area contributed by atoms with Crippen molar-refractivity contribution >= 4 is 29.7 Å². The van der Waals surface area contributed by atoms with Crippen molar-refractivity contribution in [3.8, 4) is 5.75 Å². The molecule has 0 radical (unpaired) electrons. The molecule has 0 aromatic heterocycles. The molecule has 2 N–H and O–H groups in total. The van der Waals surface area contributed by atoms with E-state index in [0.29, 0.717) is 22.6 Å². The van der Waals surface area contributed by atoms with Crippen LogP contribution in [0.1, 0.15) is 27.0 Å². The Morgan fingerprint density at radius 1 is 0.774 bits per heavy atom. The van der Waals surface area contributed by atoms with Crippen molar-refractivity contribution in [3.05, 3.63) is 95.1 Å². The van der Waals surface area contributed by atoms with Gasteiger partial charge in [-0.2, -0.15) is 5.10 Å². The van der Waals surface area contributed by atoms with Crippen LogP contribution in [0.5, 0.6) is 5.75 Å². The minimum atomic E-state index is -0.888. The van der Waals surface area contributed by atoms with Crippen LogP contribution in [0.15, 0.2) is 77.9 Å². The SMILES string of the molecule is Cc1ccc(NC(=O)C(=O)N/N=C\c2ccc(OC(=O)c3ccc(C)cc3)cc2)cc1. The Balaban J connectivity index is 1.50. The predicted octanol–water partition coefficient (Wildman–Crippen LogP) is 3.61. The van der Waals surface area contributed by atoms with Crippen molar-refractivity contribution < 1.29 is 19.1 Å². The molecule has 2 amide bonds. The van der Waals surface area contributed by atoms with Crippen LogP contribution in [0, 0.1) is 13.8 Å². The molecule has 3 aromatic rings. The molecule has 156 valence electrons. The van der Waals surface area contributed by atoms with Crippen molar-refractivity contribution in [2.24, 2.45) is 5.10 Å². The second-order valence-electron chi connectivity index (χ2n) is 6.84. The zero-order valence-corrected chi connectivity index (χ0v) is 17.1. The molecular weight excluding hydrogens is 394 g/mol. The van der Waals surface area contributed by atoms with Gasteiger partial charge in [-0.25, -0.2) is 10.2 Å². The van der Waals surface area contributed by atoms with Crippen LogP contribution in [0.25, 0.3) is 0 Å². The maximum Gasteiger partial charge on any atom is 0.343 e. The Bertz CT molecular complexity index is 1100. The molecule has 0 aliphatic carbocycles. The summed E-state index contributed by atoms with van der Waals surface area (Å²) in [5.74, 6) is -1.78. The number of hydrogen-bond donors (Lipinski definition) is 2. The minimum absolute atomic E-state index is 0.379. The molecule has 0 bridgehead atoms. The number of ether oxygens (including phenoxy) is 1. The summed E-state index contributed by atoms with van der Waals surface area (Å²) in [5, 5.41) is 6.26. The average molecular weight is 415 g/mol. The standard InChI is InChI=1S/C24H21N3O4/c1-16-3-9-19(10-4-16)24(30)31-21-13-7-18(8-14-21)15-25-27-23(29)22(28)26-20-11-5-17(2)6-12-20/h3-15H,1-2H3,(H,26,28)(H,27,29)/b25-15-. The van der Waals surface area contributed by atoms with Gasteiger partial charge in [-0.05, 0) is 67.9 Å². The molecule has 31 heavy (non-hydrogen) atoms. The number of carbonyl (C=O) groups excluding carboxylic acids is 3. The van der Waals surface area contributed by atoms with Crippen LogP contribution in [-0.4, -0.2) is 24.0 Å². The van der Waals surface area contributed by atoms with E-state index in [4.69, 9.17) is 4.74 Å². The first-order chi connectivity index (χ1) is 14.9. The van der Waals surface area contributed by atoms with E-state index in [9.17, 15) is 14.4 Å². The summed E-state index contributed by atoms with van der Waals surface area (Å²) >= 11 is 0. The molecule has 7 nitrogen and oxygen atoms in total. The van der Waals surface area contributed by atoms with Gasteiger partial charge in [0.1, 0.15) is 5.75 Å². The number of hydrogen-bond acceptors (Lipinski definition) is 5. The van der Waals surface area contributed by atoms with Gasteiger partial charge in [-0.1, -0.05) is 35.4 Å². The van der Waals surface area contributed by atoms with Gasteiger partial charge >= 0.3 is 17.8 Å². The Morgan fingerprint density at radius 2 is 1.35 bits per heavy atom. The van der Waals surface area contributed by atoms with E-state index in [2.05, 4.69) is 15.8 Å². The molecule has 0 heterocycles. The van der Waals surface area contributed by atoms with Crippen molar-refractivity contribution in [2.75, 3.05) is 5.32 Å². The van der Waals surface area contributed by atoms with Crippen molar-refractivity contribution in [3.63, 3.8) is 0 Å². The Kier molecular flexibility index (Phi) is 6.90. The first kappa shape index (κ1) is 21.4. The number of benzene rings is 3. The summed E-state index contributed by atoms with van der Waals surface area (Å²) in [6.45, 7) is 3.86. The minimum Gasteiger partial charge on any atom is -0.423 e. The van der Waals surface area contributed by atoms with Gasteiger partial charge in [0.15, 0.2) is 0 Å². The predicted molar refractivity (Wildman–Crippen MR) is 118 cm³/mol. The maximum atomic E-state index is 12.1. The summed E-state index contributed by atoms with van der Waals surface area (Å²) in [6.07, 6.45) is 1.38. The van der Waals surface area contributed by atoms with Gasteiger partial charge in [-0.3, -0.25) is 9.59 Å². The van der Waals surface area contributed by atoms with Crippen molar-refractivity contribution in [2.45, 2.75) is 13.8 Å². The number of esters is 1. The average Bonchev–Trinajstić information content (AvgIpc) is 2.77. The first-order valence-electron chi connectivity index (χ1n) is 9.51. The van der Waals surface area contributed by atoms with E-state index in [-0.39, 0.29) is 0 Å². The molecule has 0 saturated carbocycles. The molecule has 7 heteroatoms. The normalized spacial score (nSPS) is 10.5. The summed E-state index contributed by atoms with van der Waals surface area (Å²) in [7, 11) is 0. The third kappa shape index (κ3) is 6.37. The molecule has 3 rings (SSSR count). The largest absolute Gasteiger partial charge is 0.423 e. The number of carbonyl (C=O) groups is 3. The first-order valence-corrected chi connectivity index (χ1v) is 9.51. The zero-order valence-electron chi connectivity index (χ0n) is 17.1. The molecule has 3 aromatic carbocycles. The zero-order chi connectivity index (χ0) is 22.2. The summed E-state index contributed by atoms with van der Waals surface area (Å²) in [5.41, 5.74) is 5.90. The highest BCUT2D eigenvalue weighted by Crippen LogP contribution is 2.14. The van der Waals surface area contributed by atoms with Gasteiger partial charge in [-0.15, -0.1) is 0 Å². The number of hydrazone groups is 1. The molecule has 0 spiro atoms. The number of aryl methyl sites for hydroxylation is 2. The third-order valence-corrected chi connectivity index (χ3v) is 4.27. The number of rotatable bonds is 5. The van der Waals surface area contributed by atoms with Crippen LogP contribution in [-0.2, 0) is 9.59 Å². The summed E-state index contributed by atoms with van der Waals surface area (Å²) < 4.78 is 5.33.